The summed E-state index contributed by atoms with van der Waals surface area (Å²) in [6.07, 6.45) is 18.4. The van der Waals surface area contributed by atoms with Crippen molar-refractivity contribution in [3.63, 3.8) is 0 Å². The van der Waals surface area contributed by atoms with E-state index >= 15 is 0 Å². The average molecular weight is 312 g/mol. The summed E-state index contributed by atoms with van der Waals surface area (Å²) in [5.74, 6) is 1.77. The number of hydrogen-bond donors (Lipinski definition) is 1. The quantitative estimate of drug-likeness (QED) is 0.286. The van der Waals surface area contributed by atoms with E-state index in [1.54, 1.807) is 0 Å². The van der Waals surface area contributed by atoms with Gasteiger partial charge in [0.2, 0.25) is 0 Å². The van der Waals surface area contributed by atoms with Crippen LogP contribution in [0, 0.1) is 11.8 Å². The highest BCUT2D eigenvalue weighted by molar-refractivity contribution is 4.58. The minimum atomic E-state index is 0.872. The van der Waals surface area contributed by atoms with Crippen LogP contribution in [0.4, 0.5) is 0 Å². The first-order valence-corrected chi connectivity index (χ1v) is 10.4. The first kappa shape index (κ1) is 22.0. The zero-order valence-electron chi connectivity index (χ0n) is 16.3. The standard InChI is InChI=1S/C21H45N/c1-5-6-7-8-9-10-11-12-13-18-22-19-17-21(4)16-14-15-20(2)3/h20-22H,5-19H2,1-4H3. The summed E-state index contributed by atoms with van der Waals surface area (Å²) in [6, 6.07) is 0. The van der Waals surface area contributed by atoms with E-state index in [4.69, 9.17) is 0 Å². The van der Waals surface area contributed by atoms with E-state index < -0.39 is 0 Å². The van der Waals surface area contributed by atoms with Crippen LogP contribution in [0.15, 0.2) is 0 Å². The second kappa shape index (κ2) is 17.3. The Labute approximate surface area is 142 Å². The first-order chi connectivity index (χ1) is 10.7. The lowest BCUT2D eigenvalue weighted by Crippen LogP contribution is -2.18. The minimum absolute atomic E-state index is 0.872. The third kappa shape index (κ3) is 18.0. The van der Waals surface area contributed by atoms with Gasteiger partial charge in [0.1, 0.15) is 0 Å². The Bertz CT molecular complexity index is 200. The predicted molar refractivity (Wildman–Crippen MR) is 103 cm³/mol. The van der Waals surface area contributed by atoms with E-state index in [0.717, 1.165) is 11.8 Å². The molecule has 0 aliphatic rings. The molecule has 0 aromatic heterocycles. The van der Waals surface area contributed by atoms with Gasteiger partial charge >= 0.3 is 0 Å². The number of hydrogen-bond acceptors (Lipinski definition) is 1. The Morgan fingerprint density at radius 1 is 0.591 bits per heavy atom. The lowest BCUT2D eigenvalue weighted by atomic mass is 9.97. The van der Waals surface area contributed by atoms with Gasteiger partial charge in [-0.25, -0.2) is 0 Å². The molecule has 0 heterocycles. The van der Waals surface area contributed by atoms with Gasteiger partial charge in [0.25, 0.3) is 0 Å². The summed E-state index contributed by atoms with van der Waals surface area (Å²) in [4.78, 5) is 0. The van der Waals surface area contributed by atoms with Crippen molar-refractivity contribution >= 4 is 0 Å². The Kier molecular flexibility index (Phi) is 17.3. The molecule has 0 rings (SSSR count). The summed E-state index contributed by atoms with van der Waals surface area (Å²) in [6.45, 7) is 11.8. The van der Waals surface area contributed by atoms with Crippen LogP contribution >= 0.6 is 0 Å². The highest BCUT2D eigenvalue weighted by atomic mass is 14.8. The van der Waals surface area contributed by atoms with Crippen molar-refractivity contribution in [2.75, 3.05) is 13.1 Å². The Morgan fingerprint density at radius 3 is 1.77 bits per heavy atom. The normalized spacial score (nSPS) is 13.0. The smallest absolute Gasteiger partial charge is 0.00464 e. The Hall–Kier alpha value is -0.0400. The molecule has 0 spiro atoms. The zero-order valence-corrected chi connectivity index (χ0v) is 16.3. The van der Waals surface area contributed by atoms with Crippen LogP contribution in [0.2, 0.25) is 0 Å². The van der Waals surface area contributed by atoms with Crippen molar-refractivity contribution in [2.24, 2.45) is 11.8 Å². The maximum absolute atomic E-state index is 3.63. The van der Waals surface area contributed by atoms with Crippen LogP contribution in [-0.2, 0) is 0 Å². The monoisotopic (exact) mass is 311 g/mol. The van der Waals surface area contributed by atoms with Gasteiger partial charge in [-0.05, 0) is 37.8 Å². The van der Waals surface area contributed by atoms with E-state index in [1.165, 1.54) is 96.6 Å². The summed E-state index contributed by atoms with van der Waals surface area (Å²) < 4.78 is 0. The second-order valence-corrected chi connectivity index (χ2v) is 7.80. The van der Waals surface area contributed by atoms with Crippen molar-refractivity contribution in [3.8, 4) is 0 Å². The zero-order chi connectivity index (χ0) is 16.5. The molecule has 0 aromatic rings. The van der Waals surface area contributed by atoms with E-state index in [2.05, 4.69) is 33.0 Å². The topological polar surface area (TPSA) is 12.0 Å². The molecule has 1 atom stereocenters. The Balaban J connectivity index is 3.10. The van der Waals surface area contributed by atoms with Crippen molar-refractivity contribution in [1.82, 2.24) is 5.32 Å². The lowest BCUT2D eigenvalue weighted by molar-refractivity contribution is 0.424. The fourth-order valence-corrected chi connectivity index (χ4v) is 3.05. The number of unbranched alkanes of at least 4 members (excludes halogenated alkanes) is 8. The fourth-order valence-electron chi connectivity index (χ4n) is 3.05. The SMILES string of the molecule is CCCCCCCCCCCNCCC(C)CCCC(C)C. The van der Waals surface area contributed by atoms with E-state index in [-0.39, 0.29) is 0 Å². The van der Waals surface area contributed by atoms with Gasteiger partial charge in [-0.2, -0.15) is 0 Å². The molecule has 0 bridgehead atoms. The second-order valence-electron chi connectivity index (χ2n) is 7.80. The molecular formula is C21H45N. The summed E-state index contributed by atoms with van der Waals surface area (Å²) in [5, 5.41) is 3.63. The Morgan fingerprint density at radius 2 is 1.18 bits per heavy atom. The molecule has 0 radical (unpaired) electrons. The van der Waals surface area contributed by atoms with Crippen LogP contribution in [0.1, 0.15) is 111 Å². The molecular weight excluding hydrogens is 266 g/mol. The lowest BCUT2D eigenvalue weighted by Gasteiger charge is -2.12. The van der Waals surface area contributed by atoms with Gasteiger partial charge < -0.3 is 5.32 Å². The maximum Gasteiger partial charge on any atom is -0.00464 e. The van der Waals surface area contributed by atoms with Gasteiger partial charge in [-0.1, -0.05) is 98.3 Å². The first-order valence-electron chi connectivity index (χ1n) is 10.4. The van der Waals surface area contributed by atoms with E-state index in [1.807, 2.05) is 0 Å². The van der Waals surface area contributed by atoms with Crippen LogP contribution < -0.4 is 5.32 Å². The fraction of sp³-hybridized carbons (Fsp3) is 1.00. The highest BCUT2D eigenvalue weighted by Crippen LogP contribution is 2.14. The molecule has 1 nitrogen and oxygen atoms in total. The van der Waals surface area contributed by atoms with Crippen molar-refractivity contribution < 1.29 is 0 Å². The third-order valence-electron chi connectivity index (χ3n) is 4.75. The molecule has 0 aliphatic heterocycles. The molecule has 22 heavy (non-hydrogen) atoms. The highest BCUT2D eigenvalue weighted by Gasteiger charge is 2.02. The molecule has 134 valence electrons. The van der Waals surface area contributed by atoms with Crippen LogP contribution in [0.3, 0.4) is 0 Å². The largest absolute Gasteiger partial charge is 0.317 e. The summed E-state index contributed by atoms with van der Waals surface area (Å²) in [5.41, 5.74) is 0. The molecule has 1 heteroatoms. The van der Waals surface area contributed by atoms with Crippen LogP contribution in [0.25, 0.3) is 0 Å². The minimum Gasteiger partial charge on any atom is -0.317 e. The third-order valence-corrected chi connectivity index (χ3v) is 4.75. The van der Waals surface area contributed by atoms with E-state index in [0.29, 0.717) is 0 Å². The summed E-state index contributed by atoms with van der Waals surface area (Å²) >= 11 is 0. The van der Waals surface area contributed by atoms with Gasteiger partial charge in [-0.3, -0.25) is 0 Å². The van der Waals surface area contributed by atoms with Crippen LogP contribution in [0.5, 0.6) is 0 Å². The van der Waals surface area contributed by atoms with Crippen LogP contribution in [-0.4, -0.2) is 13.1 Å². The molecule has 0 saturated heterocycles. The molecule has 0 aliphatic carbocycles. The average Bonchev–Trinajstić information content (AvgIpc) is 2.48. The summed E-state index contributed by atoms with van der Waals surface area (Å²) in [7, 11) is 0. The van der Waals surface area contributed by atoms with Crippen molar-refractivity contribution in [2.45, 2.75) is 111 Å². The molecule has 0 amide bonds. The van der Waals surface area contributed by atoms with Crippen molar-refractivity contribution in [3.05, 3.63) is 0 Å². The van der Waals surface area contributed by atoms with E-state index in [9.17, 15) is 0 Å². The van der Waals surface area contributed by atoms with Crippen molar-refractivity contribution in [1.29, 1.82) is 0 Å². The number of nitrogens with one attached hydrogen (secondary N) is 1. The number of rotatable bonds is 17. The maximum atomic E-state index is 3.63. The van der Waals surface area contributed by atoms with Gasteiger partial charge in [0, 0.05) is 0 Å². The van der Waals surface area contributed by atoms with Gasteiger partial charge in [0.05, 0.1) is 0 Å². The van der Waals surface area contributed by atoms with Gasteiger partial charge in [0.15, 0.2) is 0 Å². The molecule has 0 aromatic carbocycles. The molecule has 1 N–H and O–H groups in total. The molecule has 0 fully saturated rings. The molecule has 0 saturated carbocycles. The van der Waals surface area contributed by atoms with Gasteiger partial charge in [-0.15, -0.1) is 0 Å². The predicted octanol–water partition coefficient (Wildman–Crippen LogP) is 6.96. The molecule has 1 unspecified atom stereocenters.